The van der Waals surface area contributed by atoms with Crippen LogP contribution in [-0.2, 0) is 25.6 Å². The average molecular weight is 497 g/mol. The van der Waals surface area contributed by atoms with Crippen molar-refractivity contribution in [1.82, 2.24) is 16.0 Å². The van der Waals surface area contributed by atoms with Crippen molar-refractivity contribution in [2.45, 2.75) is 57.3 Å². The Kier molecular flexibility index (Phi) is 13.2. The van der Waals surface area contributed by atoms with Crippen LogP contribution in [0.4, 0.5) is 0 Å². The van der Waals surface area contributed by atoms with Crippen molar-refractivity contribution in [2.24, 2.45) is 11.7 Å². The van der Waals surface area contributed by atoms with Crippen LogP contribution in [-0.4, -0.2) is 76.7 Å². The number of nitrogens with two attached hydrogens (primary N) is 1. The highest BCUT2D eigenvalue weighted by molar-refractivity contribution is 7.98. The van der Waals surface area contributed by atoms with Crippen LogP contribution in [0.2, 0.25) is 0 Å². The molecule has 5 atom stereocenters. The Bertz CT molecular complexity index is 810. The first-order valence-electron chi connectivity index (χ1n) is 11.2. The van der Waals surface area contributed by atoms with E-state index < -0.39 is 54.5 Å². The molecule has 0 aromatic heterocycles. The number of carboxylic acids is 1. The highest BCUT2D eigenvalue weighted by atomic mass is 32.2. The third-order valence-corrected chi connectivity index (χ3v) is 6.16. The molecule has 1 aromatic carbocycles. The van der Waals surface area contributed by atoms with E-state index >= 15 is 0 Å². The van der Waals surface area contributed by atoms with Gasteiger partial charge in [0.25, 0.3) is 0 Å². The Morgan fingerprint density at radius 1 is 0.971 bits per heavy atom. The summed E-state index contributed by atoms with van der Waals surface area (Å²) in [6, 6.07) is 4.56. The van der Waals surface area contributed by atoms with Gasteiger partial charge in [0.2, 0.25) is 17.7 Å². The number of aliphatic hydroxyl groups is 1. The van der Waals surface area contributed by atoms with Gasteiger partial charge in [0.05, 0.1) is 12.6 Å². The minimum absolute atomic E-state index is 0.0766. The maximum atomic E-state index is 13.1. The molecule has 0 radical (unpaired) electrons. The molecule has 34 heavy (non-hydrogen) atoms. The third kappa shape index (κ3) is 9.70. The Balaban J connectivity index is 3.06. The molecular formula is C23H36N4O6S. The zero-order valence-corrected chi connectivity index (χ0v) is 20.6. The summed E-state index contributed by atoms with van der Waals surface area (Å²) in [6.07, 6.45) is 2.98. The van der Waals surface area contributed by atoms with Gasteiger partial charge in [-0.05, 0) is 29.9 Å². The first-order valence-corrected chi connectivity index (χ1v) is 12.6. The Hall–Kier alpha value is -2.63. The Morgan fingerprint density at radius 3 is 2.06 bits per heavy atom. The Morgan fingerprint density at radius 2 is 1.53 bits per heavy atom. The number of thioether (sulfide) groups is 1. The molecule has 0 aliphatic heterocycles. The number of carbonyl (C=O) groups excluding carboxylic acids is 3. The lowest BCUT2D eigenvalue weighted by molar-refractivity contribution is -0.143. The number of hydrogen-bond donors (Lipinski definition) is 6. The number of rotatable bonds is 15. The van der Waals surface area contributed by atoms with Crippen LogP contribution in [0.25, 0.3) is 0 Å². The molecule has 3 amide bonds. The summed E-state index contributed by atoms with van der Waals surface area (Å²) in [7, 11) is 0. The molecule has 0 saturated heterocycles. The molecule has 11 heteroatoms. The molecule has 0 aliphatic carbocycles. The van der Waals surface area contributed by atoms with Gasteiger partial charge in [-0.25, -0.2) is 4.79 Å². The van der Waals surface area contributed by atoms with E-state index in [1.165, 1.54) is 11.8 Å². The van der Waals surface area contributed by atoms with Crippen molar-refractivity contribution >= 4 is 35.5 Å². The van der Waals surface area contributed by atoms with Crippen molar-refractivity contribution < 1.29 is 29.4 Å². The zero-order valence-electron chi connectivity index (χ0n) is 19.8. The summed E-state index contributed by atoms with van der Waals surface area (Å²) >= 11 is 1.50. The van der Waals surface area contributed by atoms with Crippen LogP contribution in [0.15, 0.2) is 30.3 Å². The minimum atomic E-state index is -1.51. The van der Waals surface area contributed by atoms with Crippen molar-refractivity contribution in [3.05, 3.63) is 35.9 Å². The predicted octanol–water partition coefficient (Wildman–Crippen LogP) is -0.113. The van der Waals surface area contributed by atoms with E-state index in [2.05, 4.69) is 16.0 Å². The molecule has 0 spiro atoms. The molecule has 5 unspecified atom stereocenters. The standard InChI is InChI=1S/C23H36N4O6S/c1-4-14(2)19(24)22(31)25-16(10-11-34-3)20(29)26-17(12-15-8-6-5-7-9-15)21(30)27-18(13-28)23(32)33/h5-9,14,16-19,28H,4,10-13,24H2,1-3H3,(H,25,31)(H,26,29)(H,27,30)(H,32,33). The fraction of sp³-hybridized carbons (Fsp3) is 0.565. The van der Waals surface area contributed by atoms with Gasteiger partial charge in [-0.1, -0.05) is 50.6 Å². The maximum absolute atomic E-state index is 13.1. The molecule has 0 heterocycles. The SMILES string of the molecule is CCC(C)C(N)C(=O)NC(CCSC)C(=O)NC(Cc1ccccc1)C(=O)NC(CO)C(=O)O. The highest BCUT2D eigenvalue weighted by Gasteiger charge is 2.30. The summed E-state index contributed by atoms with van der Waals surface area (Å²) in [4.78, 5) is 49.8. The first kappa shape index (κ1) is 29.4. The first-order chi connectivity index (χ1) is 16.1. The van der Waals surface area contributed by atoms with Crippen LogP contribution in [0, 0.1) is 5.92 Å². The van der Waals surface area contributed by atoms with Gasteiger partial charge in [0, 0.05) is 6.42 Å². The van der Waals surface area contributed by atoms with Crippen molar-refractivity contribution in [2.75, 3.05) is 18.6 Å². The second-order valence-corrected chi connectivity index (χ2v) is 9.07. The fourth-order valence-electron chi connectivity index (χ4n) is 3.07. The average Bonchev–Trinajstić information content (AvgIpc) is 2.83. The predicted molar refractivity (Wildman–Crippen MR) is 131 cm³/mol. The van der Waals surface area contributed by atoms with Crippen LogP contribution in [0.1, 0.15) is 32.3 Å². The number of amides is 3. The topological polar surface area (TPSA) is 171 Å². The molecule has 1 aromatic rings. The van der Waals surface area contributed by atoms with Gasteiger partial charge in [-0.2, -0.15) is 11.8 Å². The van der Waals surface area contributed by atoms with Crippen molar-refractivity contribution in [3.63, 3.8) is 0 Å². The van der Waals surface area contributed by atoms with Gasteiger partial charge in [-0.3, -0.25) is 14.4 Å². The summed E-state index contributed by atoms with van der Waals surface area (Å²) in [5.41, 5.74) is 6.74. The maximum Gasteiger partial charge on any atom is 0.328 e. The summed E-state index contributed by atoms with van der Waals surface area (Å²) < 4.78 is 0. The van der Waals surface area contributed by atoms with Gasteiger partial charge < -0.3 is 31.9 Å². The molecular weight excluding hydrogens is 460 g/mol. The second-order valence-electron chi connectivity index (χ2n) is 8.09. The Labute approximate surface area is 204 Å². The molecule has 10 nitrogen and oxygen atoms in total. The lowest BCUT2D eigenvalue weighted by Crippen LogP contribution is -2.58. The number of benzene rings is 1. The van der Waals surface area contributed by atoms with Crippen LogP contribution in [0.3, 0.4) is 0 Å². The van der Waals surface area contributed by atoms with Crippen LogP contribution >= 0.6 is 11.8 Å². The van der Waals surface area contributed by atoms with E-state index in [4.69, 9.17) is 10.8 Å². The monoisotopic (exact) mass is 496 g/mol. The van der Waals surface area contributed by atoms with Crippen molar-refractivity contribution in [1.29, 1.82) is 0 Å². The number of aliphatic hydroxyl groups excluding tert-OH is 1. The van der Waals surface area contributed by atoms with Crippen LogP contribution < -0.4 is 21.7 Å². The number of nitrogens with one attached hydrogen (secondary N) is 3. The van der Waals surface area contributed by atoms with E-state index in [9.17, 15) is 24.3 Å². The van der Waals surface area contributed by atoms with Gasteiger partial charge in [0.15, 0.2) is 0 Å². The quantitative estimate of drug-likeness (QED) is 0.195. The fourth-order valence-corrected chi connectivity index (χ4v) is 3.55. The smallest absolute Gasteiger partial charge is 0.328 e. The number of carbonyl (C=O) groups is 4. The minimum Gasteiger partial charge on any atom is -0.480 e. The van der Waals surface area contributed by atoms with E-state index in [1.54, 1.807) is 30.3 Å². The van der Waals surface area contributed by atoms with E-state index in [-0.39, 0.29) is 12.3 Å². The van der Waals surface area contributed by atoms with Crippen molar-refractivity contribution in [3.8, 4) is 0 Å². The highest BCUT2D eigenvalue weighted by Crippen LogP contribution is 2.09. The van der Waals surface area contributed by atoms with Gasteiger partial charge in [-0.15, -0.1) is 0 Å². The van der Waals surface area contributed by atoms with E-state index in [1.807, 2.05) is 20.1 Å². The molecule has 0 saturated carbocycles. The number of carboxylic acid groups (broad SMARTS) is 1. The van der Waals surface area contributed by atoms with Gasteiger partial charge >= 0.3 is 5.97 Å². The van der Waals surface area contributed by atoms with E-state index in [0.29, 0.717) is 18.6 Å². The normalized spacial score (nSPS) is 15.3. The number of aliphatic carboxylic acids is 1. The second kappa shape index (κ2) is 15.3. The molecule has 7 N–H and O–H groups in total. The molecule has 0 fully saturated rings. The third-order valence-electron chi connectivity index (χ3n) is 5.52. The summed E-state index contributed by atoms with van der Waals surface area (Å²) in [6.45, 7) is 2.97. The molecule has 0 bridgehead atoms. The van der Waals surface area contributed by atoms with E-state index in [0.717, 1.165) is 5.56 Å². The lowest BCUT2D eigenvalue weighted by atomic mass is 9.99. The zero-order chi connectivity index (χ0) is 25.7. The molecule has 0 aliphatic rings. The summed E-state index contributed by atoms with van der Waals surface area (Å²) in [5.74, 6) is -2.68. The molecule has 190 valence electrons. The lowest BCUT2D eigenvalue weighted by Gasteiger charge is -2.26. The molecule has 1 rings (SSSR count). The largest absolute Gasteiger partial charge is 0.480 e. The van der Waals surface area contributed by atoms with Gasteiger partial charge in [0.1, 0.15) is 18.1 Å². The number of hydrogen-bond acceptors (Lipinski definition) is 7. The van der Waals surface area contributed by atoms with Crippen LogP contribution in [0.5, 0.6) is 0 Å². The summed E-state index contributed by atoms with van der Waals surface area (Å²) in [5, 5.41) is 26.0.